The van der Waals surface area contributed by atoms with Crippen molar-refractivity contribution in [1.82, 2.24) is 4.72 Å². The van der Waals surface area contributed by atoms with Crippen molar-refractivity contribution < 1.29 is 13.5 Å². The van der Waals surface area contributed by atoms with E-state index in [0.717, 1.165) is 6.42 Å². The Labute approximate surface area is 79.4 Å². The number of hydrogen-bond donors (Lipinski definition) is 2. The van der Waals surface area contributed by atoms with E-state index in [1.165, 1.54) is 0 Å². The molecular formula is C8H17NO3S. The van der Waals surface area contributed by atoms with E-state index in [-0.39, 0.29) is 12.3 Å². The molecule has 1 aliphatic carbocycles. The molecule has 1 rings (SSSR count). The maximum atomic E-state index is 11.2. The Morgan fingerprint density at radius 3 is 2.46 bits per heavy atom. The van der Waals surface area contributed by atoms with Crippen LogP contribution in [0.3, 0.4) is 0 Å². The molecule has 0 saturated heterocycles. The first-order chi connectivity index (χ1) is 5.97. The maximum absolute atomic E-state index is 11.2. The largest absolute Gasteiger partial charge is 0.389 e. The van der Waals surface area contributed by atoms with Crippen LogP contribution in [0.2, 0.25) is 0 Å². The van der Waals surface area contributed by atoms with Crippen LogP contribution >= 0.6 is 0 Å². The fourth-order valence-corrected chi connectivity index (χ4v) is 2.52. The molecular weight excluding hydrogens is 190 g/mol. The maximum Gasteiger partial charge on any atom is 0.211 e. The molecule has 5 heteroatoms. The molecule has 0 bridgehead atoms. The summed E-state index contributed by atoms with van der Waals surface area (Å²) in [4.78, 5) is 0. The first-order valence-corrected chi connectivity index (χ1v) is 6.32. The fourth-order valence-electron chi connectivity index (χ4n) is 1.35. The highest BCUT2D eigenvalue weighted by Gasteiger charge is 2.35. The van der Waals surface area contributed by atoms with Gasteiger partial charge in [0.1, 0.15) is 0 Å². The lowest BCUT2D eigenvalue weighted by molar-refractivity contribution is -0.0270. The van der Waals surface area contributed by atoms with Crippen molar-refractivity contribution in [3.63, 3.8) is 0 Å². The molecule has 2 N–H and O–H groups in total. The molecule has 0 amide bonds. The summed E-state index contributed by atoms with van der Waals surface area (Å²) in [5.41, 5.74) is -0.763. The Morgan fingerprint density at radius 2 is 2.08 bits per heavy atom. The molecule has 0 atom stereocenters. The van der Waals surface area contributed by atoms with Crippen molar-refractivity contribution >= 4 is 10.0 Å². The Balaban J connectivity index is 2.33. The second-order valence-electron chi connectivity index (χ2n) is 3.72. The van der Waals surface area contributed by atoms with Gasteiger partial charge in [0.05, 0.1) is 11.4 Å². The van der Waals surface area contributed by atoms with E-state index in [4.69, 9.17) is 0 Å². The van der Waals surface area contributed by atoms with Gasteiger partial charge in [-0.2, -0.15) is 0 Å². The summed E-state index contributed by atoms with van der Waals surface area (Å²) in [6.45, 7) is 1.99. The predicted molar refractivity (Wildman–Crippen MR) is 50.9 cm³/mol. The van der Waals surface area contributed by atoms with Crippen molar-refractivity contribution in [3.05, 3.63) is 0 Å². The number of sulfonamides is 1. The molecule has 0 aromatic heterocycles. The number of aliphatic hydroxyl groups is 1. The molecule has 0 aromatic rings. The lowest BCUT2D eigenvalue weighted by Gasteiger charge is -2.36. The van der Waals surface area contributed by atoms with E-state index in [2.05, 4.69) is 4.72 Å². The van der Waals surface area contributed by atoms with E-state index < -0.39 is 15.6 Å². The van der Waals surface area contributed by atoms with Crippen LogP contribution in [0.5, 0.6) is 0 Å². The first-order valence-electron chi connectivity index (χ1n) is 4.67. The number of nitrogens with one attached hydrogen (secondary N) is 1. The highest BCUT2D eigenvalue weighted by Crippen LogP contribution is 2.30. The lowest BCUT2D eigenvalue weighted by Crippen LogP contribution is -2.48. The smallest absolute Gasteiger partial charge is 0.211 e. The van der Waals surface area contributed by atoms with E-state index in [1.807, 2.05) is 6.92 Å². The van der Waals surface area contributed by atoms with Gasteiger partial charge < -0.3 is 5.11 Å². The minimum Gasteiger partial charge on any atom is -0.389 e. The van der Waals surface area contributed by atoms with Gasteiger partial charge in [-0.25, -0.2) is 13.1 Å². The van der Waals surface area contributed by atoms with Gasteiger partial charge in [0.2, 0.25) is 10.0 Å². The molecule has 0 heterocycles. The summed E-state index contributed by atoms with van der Waals surface area (Å²) in [6.07, 6.45) is 3.02. The molecule has 1 saturated carbocycles. The summed E-state index contributed by atoms with van der Waals surface area (Å²) in [7, 11) is -3.15. The van der Waals surface area contributed by atoms with E-state index in [0.29, 0.717) is 19.3 Å². The van der Waals surface area contributed by atoms with Crippen LogP contribution < -0.4 is 4.72 Å². The lowest BCUT2D eigenvalue weighted by atomic mass is 9.81. The third-order valence-electron chi connectivity index (χ3n) is 2.38. The molecule has 1 aliphatic rings. The summed E-state index contributed by atoms with van der Waals surface area (Å²) < 4.78 is 24.8. The average molecular weight is 207 g/mol. The van der Waals surface area contributed by atoms with Crippen LogP contribution in [0, 0.1) is 0 Å². The van der Waals surface area contributed by atoms with Gasteiger partial charge in [-0.15, -0.1) is 0 Å². The highest BCUT2D eigenvalue weighted by atomic mass is 32.2. The van der Waals surface area contributed by atoms with Crippen molar-refractivity contribution in [2.24, 2.45) is 0 Å². The average Bonchev–Trinajstić information content (AvgIpc) is 1.97. The molecule has 4 nitrogen and oxygen atoms in total. The Bertz CT molecular complexity index is 257. The van der Waals surface area contributed by atoms with Crippen molar-refractivity contribution in [3.8, 4) is 0 Å². The van der Waals surface area contributed by atoms with Crippen LogP contribution in [0.4, 0.5) is 0 Å². The fraction of sp³-hybridized carbons (Fsp3) is 1.00. The van der Waals surface area contributed by atoms with Gasteiger partial charge in [0.25, 0.3) is 0 Å². The zero-order valence-electron chi connectivity index (χ0n) is 7.91. The van der Waals surface area contributed by atoms with E-state index >= 15 is 0 Å². The molecule has 0 aromatic carbocycles. The molecule has 0 unspecified atom stereocenters. The van der Waals surface area contributed by atoms with Crippen LogP contribution in [-0.4, -0.2) is 31.4 Å². The summed E-state index contributed by atoms with van der Waals surface area (Å²) >= 11 is 0. The van der Waals surface area contributed by atoms with Crippen LogP contribution in [0.1, 0.15) is 32.6 Å². The second-order valence-corrected chi connectivity index (χ2v) is 5.64. The molecule has 1 fully saturated rings. The van der Waals surface area contributed by atoms with Gasteiger partial charge >= 0.3 is 0 Å². The minimum absolute atomic E-state index is 0.142. The molecule has 0 radical (unpaired) electrons. The van der Waals surface area contributed by atoms with Gasteiger partial charge in [0.15, 0.2) is 0 Å². The third-order valence-corrected chi connectivity index (χ3v) is 3.91. The van der Waals surface area contributed by atoms with E-state index in [9.17, 15) is 13.5 Å². The van der Waals surface area contributed by atoms with Crippen molar-refractivity contribution in [2.45, 2.75) is 38.2 Å². The monoisotopic (exact) mass is 207 g/mol. The summed E-state index contributed by atoms with van der Waals surface area (Å²) in [5, 5.41) is 9.61. The topological polar surface area (TPSA) is 66.4 Å². The van der Waals surface area contributed by atoms with Crippen LogP contribution in [0.15, 0.2) is 0 Å². The quantitative estimate of drug-likeness (QED) is 0.678. The zero-order valence-corrected chi connectivity index (χ0v) is 8.73. The third kappa shape index (κ3) is 3.25. The van der Waals surface area contributed by atoms with Crippen LogP contribution in [-0.2, 0) is 10.0 Å². The number of hydrogen-bond acceptors (Lipinski definition) is 3. The molecule has 0 spiro atoms. The van der Waals surface area contributed by atoms with Gasteiger partial charge in [-0.1, -0.05) is 6.92 Å². The van der Waals surface area contributed by atoms with Crippen LogP contribution in [0.25, 0.3) is 0 Å². The Morgan fingerprint density at radius 1 is 1.46 bits per heavy atom. The second kappa shape index (κ2) is 3.94. The summed E-state index contributed by atoms with van der Waals surface area (Å²) in [6, 6.07) is 0. The summed E-state index contributed by atoms with van der Waals surface area (Å²) in [5.74, 6) is 0.142. The SMILES string of the molecule is CCCS(=O)(=O)NCC1(O)CCC1. The van der Waals surface area contributed by atoms with Crippen molar-refractivity contribution in [1.29, 1.82) is 0 Å². The predicted octanol–water partition coefficient (Wildman–Crippen LogP) is 0.231. The highest BCUT2D eigenvalue weighted by molar-refractivity contribution is 7.89. The van der Waals surface area contributed by atoms with Gasteiger partial charge in [-0.05, 0) is 25.7 Å². The van der Waals surface area contributed by atoms with Crippen molar-refractivity contribution in [2.75, 3.05) is 12.3 Å². The molecule has 78 valence electrons. The standard InChI is InChI=1S/C8H17NO3S/c1-2-6-13(11,12)9-7-8(10)4-3-5-8/h9-10H,2-7H2,1H3. The normalized spacial score (nSPS) is 21.1. The number of rotatable bonds is 5. The van der Waals surface area contributed by atoms with Gasteiger partial charge in [0, 0.05) is 6.54 Å². The first kappa shape index (κ1) is 10.9. The van der Waals surface area contributed by atoms with Gasteiger partial charge in [-0.3, -0.25) is 0 Å². The Kier molecular flexibility index (Phi) is 3.32. The molecule has 13 heavy (non-hydrogen) atoms. The zero-order chi connectivity index (χ0) is 9.95. The Hall–Kier alpha value is -0.130. The van der Waals surface area contributed by atoms with E-state index in [1.54, 1.807) is 0 Å². The minimum atomic E-state index is -3.15. The molecule has 0 aliphatic heterocycles.